The topological polar surface area (TPSA) is 78.9 Å². The Morgan fingerprint density at radius 3 is 0.811 bits per heavy atom. The molecule has 0 saturated heterocycles. The van der Waals surface area contributed by atoms with Crippen LogP contribution >= 0.6 is 0 Å². The molecule has 53 heavy (non-hydrogen) atoms. The fraction of sp³-hybridized carbons (Fsp3) is 0.936. The smallest absolute Gasteiger partial charge is 0.306 e. The van der Waals surface area contributed by atoms with Gasteiger partial charge in [0.05, 0.1) is 0 Å². The summed E-state index contributed by atoms with van der Waals surface area (Å²) in [5, 5.41) is 0. The van der Waals surface area contributed by atoms with E-state index in [1.807, 2.05) is 0 Å². The van der Waals surface area contributed by atoms with E-state index >= 15 is 0 Å². The first kappa shape index (κ1) is 51.4. The molecule has 0 N–H and O–H groups in total. The molecule has 0 rings (SSSR count). The van der Waals surface area contributed by atoms with Crippen molar-refractivity contribution >= 4 is 17.9 Å². The van der Waals surface area contributed by atoms with Crippen molar-refractivity contribution in [2.75, 3.05) is 13.2 Å². The summed E-state index contributed by atoms with van der Waals surface area (Å²) in [5.41, 5.74) is 0. The van der Waals surface area contributed by atoms with Crippen molar-refractivity contribution in [2.24, 2.45) is 17.8 Å². The molecule has 0 aliphatic rings. The van der Waals surface area contributed by atoms with Gasteiger partial charge >= 0.3 is 17.9 Å². The normalized spacial score (nSPS) is 12.2. The van der Waals surface area contributed by atoms with Crippen LogP contribution in [0.15, 0.2) is 0 Å². The number of hydrogen-bond acceptors (Lipinski definition) is 6. The highest BCUT2D eigenvalue weighted by molar-refractivity contribution is 5.71. The van der Waals surface area contributed by atoms with E-state index in [1.165, 1.54) is 128 Å². The molecule has 314 valence electrons. The Bertz CT molecular complexity index is 822. The van der Waals surface area contributed by atoms with Gasteiger partial charge in [0.25, 0.3) is 0 Å². The van der Waals surface area contributed by atoms with Gasteiger partial charge in [0, 0.05) is 19.3 Å². The maximum absolute atomic E-state index is 12.7. The average Bonchev–Trinajstić information content (AvgIpc) is 3.11. The number of unbranched alkanes of at least 4 members (excludes halogenated alkanes) is 23. The van der Waals surface area contributed by atoms with E-state index in [1.54, 1.807) is 0 Å². The first-order valence-corrected chi connectivity index (χ1v) is 23.1. The Morgan fingerprint density at radius 2 is 0.547 bits per heavy atom. The van der Waals surface area contributed by atoms with Gasteiger partial charge in [0.1, 0.15) is 13.2 Å². The molecule has 0 spiro atoms. The zero-order valence-electron chi connectivity index (χ0n) is 36.3. The Balaban J connectivity index is 4.33. The second-order valence-electron chi connectivity index (χ2n) is 17.5. The summed E-state index contributed by atoms with van der Waals surface area (Å²) in [5.74, 6) is 1.53. The van der Waals surface area contributed by atoms with Crippen molar-refractivity contribution in [2.45, 2.75) is 253 Å². The first-order chi connectivity index (χ1) is 25.6. The molecule has 1 atom stereocenters. The minimum absolute atomic E-state index is 0.0667. The maximum Gasteiger partial charge on any atom is 0.306 e. The Labute approximate surface area is 329 Å². The lowest BCUT2D eigenvalue weighted by molar-refractivity contribution is -0.167. The summed E-state index contributed by atoms with van der Waals surface area (Å²) in [4.78, 5) is 37.7. The fourth-order valence-electron chi connectivity index (χ4n) is 6.88. The van der Waals surface area contributed by atoms with Gasteiger partial charge in [0.2, 0.25) is 0 Å². The van der Waals surface area contributed by atoms with Gasteiger partial charge in [-0.1, -0.05) is 208 Å². The third-order valence-corrected chi connectivity index (χ3v) is 10.4. The highest BCUT2D eigenvalue weighted by Gasteiger charge is 2.19. The van der Waals surface area contributed by atoms with Crippen LogP contribution in [0.3, 0.4) is 0 Å². The van der Waals surface area contributed by atoms with Crippen LogP contribution in [0.25, 0.3) is 0 Å². The van der Waals surface area contributed by atoms with Crippen molar-refractivity contribution < 1.29 is 28.6 Å². The monoisotopic (exact) mass is 751 g/mol. The Kier molecular flexibility index (Phi) is 37.5. The van der Waals surface area contributed by atoms with E-state index in [4.69, 9.17) is 14.2 Å². The summed E-state index contributed by atoms with van der Waals surface area (Å²) >= 11 is 0. The van der Waals surface area contributed by atoms with Crippen molar-refractivity contribution in [1.82, 2.24) is 0 Å². The molecule has 0 aromatic rings. The highest BCUT2D eigenvalue weighted by Crippen LogP contribution is 2.17. The minimum atomic E-state index is -0.762. The average molecular weight is 751 g/mol. The van der Waals surface area contributed by atoms with Crippen LogP contribution in [0.2, 0.25) is 0 Å². The van der Waals surface area contributed by atoms with Gasteiger partial charge < -0.3 is 14.2 Å². The summed E-state index contributed by atoms with van der Waals surface area (Å²) in [6.45, 7) is 13.6. The second kappa shape index (κ2) is 38.7. The van der Waals surface area contributed by atoms with E-state index in [0.29, 0.717) is 19.3 Å². The first-order valence-electron chi connectivity index (χ1n) is 23.1. The van der Waals surface area contributed by atoms with E-state index in [0.717, 1.165) is 75.5 Å². The number of esters is 3. The lowest BCUT2D eigenvalue weighted by atomic mass is 10.0. The molecule has 0 aliphatic heterocycles. The number of carbonyl (C=O) groups is 3. The number of carbonyl (C=O) groups excluding carboxylic acids is 3. The molecule has 6 nitrogen and oxygen atoms in total. The predicted octanol–water partition coefficient (Wildman–Crippen LogP) is 14.4. The molecule has 0 heterocycles. The van der Waals surface area contributed by atoms with Crippen LogP contribution in [-0.2, 0) is 28.6 Å². The second-order valence-corrected chi connectivity index (χ2v) is 17.5. The van der Waals surface area contributed by atoms with Crippen LogP contribution in [0, 0.1) is 17.8 Å². The molecule has 0 saturated carbocycles. The Hall–Kier alpha value is -1.59. The van der Waals surface area contributed by atoms with Crippen LogP contribution < -0.4 is 0 Å². The molecule has 0 bridgehead atoms. The van der Waals surface area contributed by atoms with Gasteiger partial charge in [0.15, 0.2) is 6.10 Å². The van der Waals surface area contributed by atoms with Gasteiger partial charge in [-0.2, -0.15) is 0 Å². The molecule has 6 heteroatoms. The van der Waals surface area contributed by atoms with Gasteiger partial charge in [-0.05, 0) is 37.0 Å². The zero-order valence-corrected chi connectivity index (χ0v) is 36.3. The minimum Gasteiger partial charge on any atom is -0.462 e. The Morgan fingerprint density at radius 1 is 0.321 bits per heavy atom. The van der Waals surface area contributed by atoms with Gasteiger partial charge in [-0.15, -0.1) is 0 Å². The zero-order chi connectivity index (χ0) is 39.2. The largest absolute Gasteiger partial charge is 0.462 e. The molecular formula is C47H90O6. The van der Waals surface area contributed by atoms with Crippen LogP contribution in [0.4, 0.5) is 0 Å². The fourth-order valence-corrected chi connectivity index (χ4v) is 6.88. The van der Waals surface area contributed by atoms with Crippen molar-refractivity contribution in [1.29, 1.82) is 0 Å². The van der Waals surface area contributed by atoms with Gasteiger partial charge in [-0.3, -0.25) is 14.4 Å². The van der Waals surface area contributed by atoms with Crippen LogP contribution in [-0.4, -0.2) is 37.2 Å². The molecule has 0 aliphatic carbocycles. The molecule has 0 aromatic heterocycles. The predicted molar refractivity (Wildman–Crippen MR) is 224 cm³/mol. The molecule has 0 radical (unpaired) electrons. The third kappa shape index (κ3) is 41.4. The number of ether oxygens (including phenoxy) is 3. The lowest BCUT2D eigenvalue weighted by Crippen LogP contribution is -2.30. The molecular weight excluding hydrogens is 661 g/mol. The molecule has 0 fully saturated rings. The number of rotatable bonds is 40. The van der Waals surface area contributed by atoms with Gasteiger partial charge in [-0.25, -0.2) is 0 Å². The van der Waals surface area contributed by atoms with Crippen LogP contribution in [0.1, 0.15) is 247 Å². The van der Waals surface area contributed by atoms with Crippen molar-refractivity contribution in [3.05, 3.63) is 0 Å². The summed E-state index contributed by atoms with van der Waals surface area (Å²) < 4.78 is 16.7. The SMILES string of the molecule is CC(C)CCCCCCCCCCCCCC(=O)O[C@@H](COC(=O)CCCCCCCCCCCC(C)C)COC(=O)CCCCCCCCC(C)C. The standard InChI is InChI=1S/C47H90O6/c1-41(2)33-27-21-15-11-8-7-9-13-18-26-32-38-47(50)53-44(40-52-46(49)37-31-25-20-19-23-29-35-43(5)6)39-51-45(48)36-30-24-17-14-10-12-16-22-28-34-42(3)4/h41-44H,7-40H2,1-6H3/t44-/m0/s1. The molecule has 0 unspecified atom stereocenters. The molecule has 0 amide bonds. The van der Waals surface area contributed by atoms with E-state index in [2.05, 4.69) is 41.5 Å². The van der Waals surface area contributed by atoms with Crippen molar-refractivity contribution in [3.8, 4) is 0 Å². The summed E-state index contributed by atoms with van der Waals surface area (Å²) in [6.07, 6.45) is 35.3. The maximum atomic E-state index is 12.7. The number of hydrogen-bond donors (Lipinski definition) is 0. The third-order valence-electron chi connectivity index (χ3n) is 10.4. The summed E-state index contributed by atoms with van der Waals surface area (Å²) in [6, 6.07) is 0. The van der Waals surface area contributed by atoms with E-state index in [9.17, 15) is 14.4 Å². The van der Waals surface area contributed by atoms with E-state index in [-0.39, 0.29) is 31.1 Å². The van der Waals surface area contributed by atoms with Crippen LogP contribution in [0.5, 0.6) is 0 Å². The van der Waals surface area contributed by atoms with Crippen molar-refractivity contribution in [3.63, 3.8) is 0 Å². The van der Waals surface area contributed by atoms with E-state index < -0.39 is 6.10 Å². The lowest BCUT2D eigenvalue weighted by Gasteiger charge is -2.18. The highest BCUT2D eigenvalue weighted by atomic mass is 16.6. The summed E-state index contributed by atoms with van der Waals surface area (Å²) in [7, 11) is 0. The quantitative estimate of drug-likeness (QED) is 0.0352. The molecule has 0 aromatic carbocycles.